The molecule has 0 N–H and O–H groups in total. The standard InChI is InChI=1S/C7H12ClNO.ClH/c1-4-6(7(8)10)5-9(2)3;/h4H,5H2,1-3H3;1H/b6-4+;. The van der Waals surface area contributed by atoms with Crippen LogP contribution < -0.4 is 0 Å². The molecule has 0 rings (SSSR count). The van der Waals surface area contributed by atoms with Gasteiger partial charge in [-0.3, -0.25) is 4.79 Å². The smallest absolute Gasteiger partial charge is 0.249 e. The molecule has 4 heteroatoms. The normalized spacial score (nSPS) is 11.2. The van der Waals surface area contributed by atoms with E-state index in [1.165, 1.54) is 0 Å². The zero-order valence-electron chi connectivity index (χ0n) is 6.93. The van der Waals surface area contributed by atoms with Crippen LogP contribution in [0.4, 0.5) is 0 Å². The van der Waals surface area contributed by atoms with Crippen LogP contribution in [0.3, 0.4) is 0 Å². The lowest BCUT2D eigenvalue weighted by molar-refractivity contribution is -0.108. The Labute approximate surface area is 78.6 Å². The molecule has 0 aromatic rings. The van der Waals surface area contributed by atoms with Crippen LogP contribution in [0.5, 0.6) is 0 Å². The van der Waals surface area contributed by atoms with Gasteiger partial charge in [-0.15, -0.1) is 12.4 Å². The third-order valence-corrected chi connectivity index (χ3v) is 1.33. The molecule has 0 aromatic heterocycles. The van der Waals surface area contributed by atoms with Crippen molar-refractivity contribution in [2.24, 2.45) is 0 Å². The molecule has 0 amide bonds. The highest BCUT2D eigenvalue weighted by molar-refractivity contribution is 6.67. The number of halogens is 2. The quantitative estimate of drug-likeness (QED) is 0.508. The second-order valence-corrected chi connectivity index (χ2v) is 2.67. The number of nitrogens with zero attached hydrogens (tertiary/aromatic N) is 1. The molecule has 0 aliphatic rings. The molecule has 66 valence electrons. The summed E-state index contributed by atoms with van der Waals surface area (Å²) in [6.45, 7) is 2.41. The molecular formula is C7H13Cl2NO. The first-order valence-corrected chi connectivity index (χ1v) is 3.45. The summed E-state index contributed by atoms with van der Waals surface area (Å²) in [4.78, 5) is 12.5. The Bertz CT molecular complexity index is 155. The molecule has 0 atom stereocenters. The van der Waals surface area contributed by atoms with Crippen molar-refractivity contribution < 1.29 is 4.79 Å². The lowest BCUT2D eigenvalue weighted by atomic mass is 10.3. The van der Waals surface area contributed by atoms with Gasteiger partial charge in [0.1, 0.15) is 0 Å². The van der Waals surface area contributed by atoms with Gasteiger partial charge in [-0.2, -0.15) is 0 Å². The number of likely N-dealkylation sites (N-methyl/N-ethyl adjacent to an activating group) is 1. The summed E-state index contributed by atoms with van der Waals surface area (Å²) in [5.41, 5.74) is 0.645. The number of carbonyl (C=O) groups excluding carboxylic acids is 1. The summed E-state index contributed by atoms with van der Waals surface area (Å²) in [6.07, 6.45) is 1.73. The van der Waals surface area contributed by atoms with Crippen molar-refractivity contribution in [1.29, 1.82) is 0 Å². The lowest BCUT2D eigenvalue weighted by Crippen LogP contribution is -2.17. The Balaban J connectivity index is 0. The number of hydrogen-bond donors (Lipinski definition) is 0. The summed E-state index contributed by atoms with van der Waals surface area (Å²) in [6, 6.07) is 0. The van der Waals surface area contributed by atoms with E-state index in [1.54, 1.807) is 13.0 Å². The first kappa shape index (κ1) is 13.5. The van der Waals surface area contributed by atoms with E-state index in [1.807, 2.05) is 19.0 Å². The van der Waals surface area contributed by atoms with Crippen LogP contribution >= 0.6 is 24.0 Å². The van der Waals surface area contributed by atoms with Gasteiger partial charge in [0.05, 0.1) is 0 Å². The first-order chi connectivity index (χ1) is 4.57. The lowest BCUT2D eigenvalue weighted by Gasteiger charge is -2.08. The number of hydrogen-bond acceptors (Lipinski definition) is 2. The van der Waals surface area contributed by atoms with Gasteiger partial charge >= 0.3 is 0 Å². The highest BCUT2D eigenvalue weighted by atomic mass is 35.5. The molecule has 0 radical (unpaired) electrons. The van der Waals surface area contributed by atoms with Crippen LogP contribution in [0.25, 0.3) is 0 Å². The minimum Gasteiger partial charge on any atom is -0.305 e. The number of allylic oxidation sites excluding steroid dienone is 1. The van der Waals surface area contributed by atoms with Crippen LogP contribution in [-0.2, 0) is 4.79 Å². The van der Waals surface area contributed by atoms with E-state index >= 15 is 0 Å². The largest absolute Gasteiger partial charge is 0.305 e. The molecule has 0 saturated heterocycles. The second-order valence-electron chi connectivity index (χ2n) is 2.33. The highest BCUT2D eigenvalue weighted by Crippen LogP contribution is 2.00. The predicted molar refractivity (Wildman–Crippen MR) is 50.4 cm³/mol. The Morgan fingerprint density at radius 2 is 2.00 bits per heavy atom. The Hall–Kier alpha value is -0.0500. The Kier molecular flexibility index (Phi) is 8.18. The maximum atomic E-state index is 10.6. The zero-order valence-corrected chi connectivity index (χ0v) is 8.50. The zero-order chi connectivity index (χ0) is 8.15. The number of carbonyl (C=O) groups is 1. The van der Waals surface area contributed by atoms with Crippen molar-refractivity contribution in [3.05, 3.63) is 11.6 Å². The molecule has 0 aliphatic heterocycles. The minimum atomic E-state index is -0.365. The van der Waals surface area contributed by atoms with Crippen LogP contribution in [0, 0.1) is 0 Å². The van der Waals surface area contributed by atoms with Gasteiger partial charge in [-0.05, 0) is 32.6 Å². The monoisotopic (exact) mass is 197 g/mol. The molecule has 2 nitrogen and oxygen atoms in total. The van der Waals surface area contributed by atoms with Crippen molar-refractivity contribution >= 4 is 29.3 Å². The van der Waals surface area contributed by atoms with Crippen LogP contribution in [-0.4, -0.2) is 30.8 Å². The average Bonchev–Trinajstić information content (AvgIpc) is 1.81. The summed E-state index contributed by atoms with van der Waals surface area (Å²) in [7, 11) is 3.78. The van der Waals surface area contributed by atoms with Gasteiger partial charge in [-0.1, -0.05) is 6.08 Å². The number of rotatable bonds is 3. The molecule has 11 heavy (non-hydrogen) atoms. The third-order valence-electron chi connectivity index (χ3n) is 1.09. The fourth-order valence-corrected chi connectivity index (χ4v) is 0.776. The Morgan fingerprint density at radius 3 is 2.09 bits per heavy atom. The SMILES string of the molecule is C/C=C(\CN(C)C)C(=O)Cl.Cl. The minimum absolute atomic E-state index is 0. The summed E-state index contributed by atoms with van der Waals surface area (Å²) in [5, 5.41) is -0.365. The Morgan fingerprint density at radius 1 is 1.55 bits per heavy atom. The highest BCUT2D eigenvalue weighted by Gasteiger charge is 2.04. The maximum Gasteiger partial charge on any atom is 0.249 e. The molecule has 0 bridgehead atoms. The molecule has 0 aromatic carbocycles. The van der Waals surface area contributed by atoms with Crippen molar-refractivity contribution in [1.82, 2.24) is 4.90 Å². The van der Waals surface area contributed by atoms with Gasteiger partial charge in [0.2, 0.25) is 5.24 Å². The van der Waals surface area contributed by atoms with Crippen molar-refractivity contribution in [3.8, 4) is 0 Å². The molecule has 0 heterocycles. The molecule has 0 saturated carbocycles. The van der Waals surface area contributed by atoms with E-state index in [9.17, 15) is 4.79 Å². The maximum absolute atomic E-state index is 10.6. The first-order valence-electron chi connectivity index (χ1n) is 3.07. The summed E-state index contributed by atoms with van der Waals surface area (Å²) < 4.78 is 0. The third kappa shape index (κ3) is 6.35. The summed E-state index contributed by atoms with van der Waals surface area (Å²) >= 11 is 5.25. The molecule has 0 aliphatic carbocycles. The fraction of sp³-hybridized carbons (Fsp3) is 0.571. The van der Waals surface area contributed by atoms with Crippen LogP contribution in [0.2, 0.25) is 0 Å². The van der Waals surface area contributed by atoms with Gasteiger partial charge in [0.25, 0.3) is 0 Å². The molecular weight excluding hydrogens is 185 g/mol. The van der Waals surface area contributed by atoms with Crippen molar-refractivity contribution in [2.75, 3.05) is 20.6 Å². The van der Waals surface area contributed by atoms with Gasteiger partial charge in [0, 0.05) is 12.1 Å². The van der Waals surface area contributed by atoms with Crippen LogP contribution in [0.15, 0.2) is 11.6 Å². The molecule has 0 fully saturated rings. The van der Waals surface area contributed by atoms with E-state index in [0.717, 1.165) is 0 Å². The predicted octanol–water partition coefficient (Wildman–Crippen LogP) is 1.68. The topological polar surface area (TPSA) is 20.3 Å². The average molecular weight is 198 g/mol. The molecule has 0 spiro atoms. The van der Waals surface area contributed by atoms with E-state index in [2.05, 4.69) is 0 Å². The van der Waals surface area contributed by atoms with E-state index < -0.39 is 0 Å². The van der Waals surface area contributed by atoms with Crippen molar-refractivity contribution in [2.45, 2.75) is 6.92 Å². The van der Waals surface area contributed by atoms with Crippen molar-refractivity contribution in [3.63, 3.8) is 0 Å². The fourth-order valence-electron chi connectivity index (χ4n) is 0.608. The van der Waals surface area contributed by atoms with E-state index in [4.69, 9.17) is 11.6 Å². The van der Waals surface area contributed by atoms with Crippen LogP contribution in [0.1, 0.15) is 6.92 Å². The van der Waals surface area contributed by atoms with Gasteiger partial charge in [0.15, 0.2) is 0 Å². The second kappa shape index (κ2) is 6.65. The molecule has 0 unspecified atom stereocenters. The van der Waals surface area contributed by atoms with Gasteiger partial charge in [-0.25, -0.2) is 0 Å². The summed E-state index contributed by atoms with van der Waals surface area (Å²) in [5.74, 6) is 0. The van der Waals surface area contributed by atoms with Gasteiger partial charge < -0.3 is 4.90 Å². The van der Waals surface area contributed by atoms with E-state index in [0.29, 0.717) is 12.1 Å². The van der Waals surface area contributed by atoms with E-state index in [-0.39, 0.29) is 17.6 Å².